The normalized spacial score (nSPS) is 11.1. The lowest BCUT2D eigenvalue weighted by molar-refractivity contribution is -0.138. The minimum absolute atomic E-state index is 0.109. The highest BCUT2D eigenvalue weighted by Crippen LogP contribution is 2.17. The van der Waals surface area contributed by atoms with Crippen LogP contribution in [0, 0.1) is 13.8 Å². The van der Waals surface area contributed by atoms with Crippen LogP contribution in [0.25, 0.3) is 0 Å². The molecular formula is C20H20BrNO3. The first-order valence-corrected chi connectivity index (χ1v) is 8.73. The lowest BCUT2D eigenvalue weighted by atomic mass is 10.1. The second-order valence-corrected chi connectivity index (χ2v) is 6.49. The van der Waals surface area contributed by atoms with Gasteiger partial charge >= 0.3 is 5.97 Å². The number of hydrogen-bond donors (Lipinski definition) is 1. The first-order chi connectivity index (χ1) is 11.9. The van der Waals surface area contributed by atoms with Gasteiger partial charge in [0.15, 0.2) is 5.78 Å². The quantitative estimate of drug-likeness (QED) is 0.428. The molecule has 2 rings (SSSR count). The van der Waals surface area contributed by atoms with Crippen molar-refractivity contribution in [3.05, 3.63) is 75.4 Å². The number of nitrogens with one attached hydrogen (secondary N) is 1. The molecule has 0 aliphatic carbocycles. The van der Waals surface area contributed by atoms with Gasteiger partial charge in [0.25, 0.3) is 0 Å². The van der Waals surface area contributed by atoms with E-state index < -0.39 is 5.97 Å². The Balaban J connectivity index is 2.31. The van der Waals surface area contributed by atoms with Crippen molar-refractivity contribution < 1.29 is 14.3 Å². The molecule has 4 nitrogen and oxygen atoms in total. The SMILES string of the molecule is CCOC(=O)/C(=C/C(=O)c1ccc(Br)cc1)Nc1ccc(C)c(C)c1. The van der Waals surface area contributed by atoms with Crippen LogP contribution in [0.2, 0.25) is 0 Å². The first kappa shape index (κ1) is 18.9. The minimum atomic E-state index is -0.564. The second-order valence-electron chi connectivity index (χ2n) is 5.57. The van der Waals surface area contributed by atoms with E-state index in [4.69, 9.17) is 4.74 Å². The van der Waals surface area contributed by atoms with Gasteiger partial charge in [-0.05, 0) is 68.3 Å². The van der Waals surface area contributed by atoms with Crippen molar-refractivity contribution in [1.82, 2.24) is 0 Å². The molecular weight excluding hydrogens is 382 g/mol. The van der Waals surface area contributed by atoms with E-state index >= 15 is 0 Å². The number of halogens is 1. The maximum Gasteiger partial charge on any atom is 0.354 e. The number of aryl methyl sites for hydroxylation is 2. The highest BCUT2D eigenvalue weighted by atomic mass is 79.9. The molecule has 0 amide bonds. The number of carbonyl (C=O) groups is 2. The Morgan fingerprint density at radius 3 is 2.36 bits per heavy atom. The van der Waals surface area contributed by atoms with Gasteiger partial charge in [0.2, 0.25) is 0 Å². The molecule has 0 heterocycles. The molecule has 0 saturated carbocycles. The third kappa shape index (κ3) is 5.29. The van der Waals surface area contributed by atoms with Crippen LogP contribution in [0.5, 0.6) is 0 Å². The molecule has 0 fully saturated rings. The fraction of sp³-hybridized carbons (Fsp3) is 0.200. The van der Waals surface area contributed by atoms with E-state index in [1.165, 1.54) is 6.08 Å². The number of anilines is 1. The highest BCUT2D eigenvalue weighted by molar-refractivity contribution is 9.10. The van der Waals surface area contributed by atoms with E-state index in [9.17, 15) is 9.59 Å². The Labute approximate surface area is 156 Å². The maximum absolute atomic E-state index is 12.4. The zero-order chi connectivity index (χ0) is 18.4. The lowest BCUT2D eigenvalue weighted by Gasteiger charge is -2.11. The van der Waals surface area contributed by atoms with Gasteiger partial charge in [0, 0.05) is 21.8 Å². The molecule has 0 aromatic heterocycles. The largest absolute Gasteiger partial charge is 0.461 e. The first-order valence-electron chi connectivity index (χ1n) is 7.93. The van der Waals surface area contributed by atoms with Crippen molar-refractivity contribution in [3.63, 3.8) is 0 Å². The molecule has 0 aliphatic heterocycles. The van der Waals surface area contributed by atoms with Crippen LogP contribution < -0.4 is 5.32 Å². The van der Waals surface area contributed by atoms with Crippen molar-refractivity contribution in [1.29, 1.82) is 0 Å². The van der Waals surface area contributed by atoms with Gasteiger partial charge in [-0.25, -0.2) is 4.79 Å². The number of rotatable bonds is 6. The van der Waals surface area contributed by atoms with Crippen molar-refractivity contribution in [3.8, 4) is 0 Å². The molecule has 0 bridgehead atoms. The maximum atomic E-state index is 12.4. The van der Waals surface area contributed by atoms with Gasteiger partial charge in [-0.3, -0.25) is 4.79 Å². The molecule has 2 aromatic carbocycles. The standard InChI is InChI=1S/C20H20BrNO3/c1-4-25-20(24)18(22-17-10-5-13(2)14(3)11-17)12-19(23)15-6-8-16(21)9-7-15/h5-12,22H,4H2,1-3H3/b18-12-. The summed E-state index contributed by atoms with van der Waals surface area (Å²) in [4.78, 5) is 24.7. The summed E-state index contributed by atoms with van der Waals surface area (Å²) in [5.41, 5.74) is 3.57. The summed E-state index contributed by atoms with van der Waals surface area (Å²) in [7, 11) is 0. The number of carbonyl (C=O) groups excluding carboxylic acids is 2. The number of allylic oxidation sites excluding steroid dienone is 1. The summed E-state index contributed by atoms with van der Waals surface area (Å²) in [5.74, 6) is -0.835. The number of ketones is 1. The van der Waals surface area contributed by atoms with Crippen LogP contribution in [-0.2, 0) is 9.53 Å². The fourth-order valence-electron chi connectivity index (χ4n) is 2.16. The fourth-order valence-corrected chi connectivity index (χ4v) is 2.42. The zero-order valence-corrected chi connectivity index (χ0v) is 16.0. The van der Waals surface area contributed by atoms with E-state index in [1.807, 2.05) is 32.0 Å². The molecule has 0 spiro atoms. The van der Waals surface area contributed by atoms with Crippen LogP contribution in [0.15, 0.2) is 58.7 Å². The topological polar surface area (TPSA) is 55.4 Å². The summed E-state index contributed by atoms with van der Waals surface area (Å²) < 4.78 is 5.94. The Morgan fingerprint density at radius 1 is 1.08 bits per heavy atom. The van der Waals surface area contributed by atoms with E-state index in [0.29, 0.717) is 5.56 Å². The van der Waals surface area contributed by atoms with Gasteiger partial charge in [0.1, 0.15) is 5.70 Å². The smallest absolute Gasteiger partial charge is 0.354 e. The summed E-state index contributed by atoms with van der Waals surface area (Å²) >= 11 is 3.33. The molecule has 0 atom stereocenters. The molecule has 0 unspecified atom stereocenters. The molecule has 0 radical (unpaired) electrons. The lowest BCUT2D eigenvalue weighted by Crippen LogP contribution is -2.16. The monoisotopic (exact) mass is 401 g/mol. The van der Waals surface area contributed by atoms with Gasteiger partial charge in [0.05, 0.1) is 6.61 Å². The third-order valence-corrected chi connectivity index (χ3v) is 4.21. The molecule has 0 saturated heterocycles. The highest BCUT2D eigenvalue weighted by Gasteiger charge is 2.14. The van der Waals surface area contributed by atoms with Crippen molar-refractivity contribution in [2.24, 2.45) is 0 Å². The van der Waals surface area contributed by atoms with E-state index in [-0.39, 0.29) is 18.1 Å². The predicted octanol–water partition coefficient (Wildman–Crippen LogP) is 4.81. The average Bonchev–Trinajstić information content (AvgIpc) is 2.58. The van der Waals surface area contributed by atoms with Crippen molar-refractivity contribution in [2.45, 2.75) is 20.8 Å². The predicted molar refractivity (Wildman–Crippen MR) is 103 cm³/mol. The molecule has 5 heteroatoms. The number of benzene rings is 2. The number of hydrogen-bond acceptors (Lipinski definition) is 4. The van der Waals surface area contributed by atoms with Crippen LogP contribution in [-0.4, -0.2) is 18.4 Å². The molecule has 130 valence electrons. The molecule has 0 aliphatic rings. The Kier molecular flexibility index (Phi) is 6.53. The number of ether oxygens (including phenoxy) is 1. The van der Waals surface area contributed by atoms with E-state index in [2.05, 4.69) is 21.2 Å². The van der Waals surface area contributed by atoms with Gasteiger partial charge in [-0.15, -0.1) is 0 Å². The van der Waals surface area contributed by atoms with Crippen LogP contribution >= 0.6 is 15.9 Å². The summed E-state index contributed by atoms with van der Waals surface area (Å²) in [5, 5.41) is 3.00. The van der Waals surface area contributed by atoms with Crippen molar-refractivity contribution in [2.75, 3.05) is 11.9 Å². The van der Waals surface area contributed by atoms with E-state index in [1.54, 1.807) is 31.2 Å². The minimum Gasteiger partial charge on any atom is -0.461 e. The Bertz CT molecular complexity index is 810. The van der Waals surface area contributed by atoms with Gasteiger partial charge in [-0.1, -0.05) is 22.0 Å². The van der Waals surface area contributed by atoms with E-state index in [0.717, 1.165) is 21.3 Å². The molecule has 25 heavy (non-hydrogen) atoms. The molecule has 2 aromatic rings. The average molecular weight is 402 g/mol. The van der Waals surface area contributed by atoms with Crippen molar-refractivity contribution >= 4 is 33.4 Å². The number of esters is 1. The second kappa shape index (κ2) is 8.62. The van der Waals surface area contributed by atoms with Crippen LogP contribution in [0.1, 0.15) is 28.4 Å². The van der Waals surface area contributed by atoms with Gasteiger partial charge < -0.3 is 10.1 Å². The van der Waals surface area contributed by atoms with Crippen LogP contribution in [0.3, 0.4) is 0 Å². The third-order valence-electron chi connectivity index (χ3n) is 3.69. The van der Waals surface area contributed by atoms with Gasteiger partial charge in [-0.2, -0.15) is 0 Å². The Hall–Kier alpha value is -2.40. The Morgan fingerprint density at radius 2 is 1.76 bits per heavy atom. The summed E-state index contributed by atoms with van der Waals surface area (Å²) in [6.45, 7) is 5.96. The molecule has 1 N–H and O–H groups in total. The summed E-state index contributed by atoms with van der Waals surface area (Å²) in [6, 6.07) is 12.7. The zero-order valence-electron chi connectivity index (χ0n) is 14.4. The summed E-state index contributed by atoms with van der Waals surface area (Å²) in [6.07, 6.45) is 1.27. The van der Waals surface area contributed by atoms with Crippen LogP contribution in [0.4, 0.5) is 5.69 Å².